The highest BCUT2D eigenvalue weighted by molar-refractivity contribution is 5.98. The molecular formula is C33H32N2O5. The zero-order valence-electron chi connectivity index (χ0n) is 22.9. The molecule has 2 N–H and O–H groups in total. The number of carbonyl (C=O) groups is 1. The first-order valence-electron chi connectivity index (χ1n) is 13.3. The zero-order chi connectivity index (χ0) is 28.2. The number of para-hydroxylation sites is 1. The molecule has 0 saturated carbocycles. The lowest BCUT2D eigenvalue weighted by Crippen LogP contribution is -2.18. The first-order chi connectivity index (χ1) is 19.4. The van der Waals surface area contributed by atoms with Gasteiger partial charge in [-0.25, -0.2) is 0 Å². The van der Waals surface area contributed by atoms with Crippen molar-refractivity contribution in [1.82, 2.24) is 4.57 Å². The second-order valence-electron chi connectivity index (χ2n) is 9.77. The molecule has 7 heteroatoms. The predicted molar refractivity (Wildman–Crippen MR) is 156 cm³/mol. The molecule has 0 aliphatic rings. The molecule has 0 fully saturated rings. The van der Waals surface area contributed by atoms with Gasteiger partial charge in [0, 0.05) is 53.0 Å². The number of carbonyl (C=O) groups excluding carboxylic acids is 1. The Morgan fingerprint density at radius 1 is 0.975 bits per heavy atom. The fourth-order valence-electron chi connectivity index (χ4n) is 4.90. The Balaban J connectivity index is 1.58. The predicted octanol–water partition coefficient (Wildman–Crippen LogP) is 5.92. The van der Waals surface area contributed by atoms with Crippen molar-refractivity contribution in [2.75, 3.05) is 6.61 Å². The van der Waals surface area contributed by atoms with Gasteiger partial charge in [0.2, 0.25) is 0 Å². The SMILES string of the molecule is CCOC(=O)Cc1ccccc1OCc1coc2c(-c3cc(C)c(=O)n(C)c3)cc(-c3cccc(CN)c3)cc12. The fourth-order valence-corrected chi connectivity index (χ4v) is 4.90. The number of ether oxygens (including phenoxy) is 2. The van der Waals surface area contributed by atoms with Gasteiger partial charge in [0.15, 0.2) is 0 Å². The number of aryl methyl sites for hydroxylation is 2. The number of nitrogens with zero attached hydrogens (tertiary/aromatic N) is 1. The molecule has 2 aromatic heterocycles. The second-order valence-corrected chi connectivity index (χ2v) is 9.77. The average Bonchev–Trinajstić information content (AvgIpc) is 3.37. The number of nitrogens with two attached hydrogens (primary N) is 1. The van der Waals surface area contributed by atoms with E-state index in [9.17, 15) is 9.59 Å². The highest BCUT2D eigenvalue weighted by Crippen LogP contribution is 2.37. The van der Waals surface area contributed by atoms with Crippen LogP contribution in [0.2, 0.25) is 0 Å². The number of pyridine rings is 1. The molecule has 40 heavy (non-hydrogen) atoms. The number of hydrogen-bond acceptors (Lipinski definition) is 6. The van der Waals surface area contributed by atoms with Crippen LogP contribution in [0.3, 0.4) is 0 Å². The van der Waals surface area contributed by atoms with Gasteiger partial charge in [-0.3, -0.25) is 9.59 Å². The third kappa shape index (κ3) is 5.55. The van der Waals surface area contributed by atoms with Crippen LogP contribution in [0, 0.1) is 6.92 Å². The topological polar surface area (TPSA) is 96.7 Å². The highest BCUT2D eigenvalue weighted by Gasteiger charge is 2.17. The molecule has 0 aliphatic carbocycles. The first kappa shape index (κ1) is 27.0. The molecular weight excluding hydrogens is 504 g/mol. The number of rotatable bonds is 9. The summed E-state index contributed by atoms with van der Waals surface area (Å²) in [5.74, 6) is 0.319. The number of fused-ring (bicyclic) bond motifs is 1. The average molecular weight is 537 g/mol. The zero-order valence-corrected chi connectivity index (χ0v) is 22.9. The minimum absolute atomic E-state index is 0.0400. The molecule has 0 unspecified atom stereocenters. The Morgan fingerprint density at radius 3 is 2.58 bits per heavy atom. The standard InChI is InChI=1S/C33H32N2O5/c1-4-38-31(36)16-24-9-5-6-11-30(24)39-19-27-20-40-32-28(26-12-21(2)33(37)35(3)18-26)14-25(15-29(27)32)23-10-7-8-22(13-23)17-34/h5-15,18,20H,4,16-17,19,34H2,1-3H3. The molecule has 204 valence electrons. The van der Waals surface area contributed by atoms with Crippen LogP contribution in [0.1, 0.15) is 29.2 Å². The Hall–Kier alpha value is -4.62. The van der Waals surface area contributed by atoms with Crippen LogP contribution in [0.4, 0.5) is 0 Å². The summed E-state index contributed by atoms with van der Waals surface area (Å²) in [6.07, 6.45) is 3.67. The maximum Gasteiger partial charge on any atom is 0.310 e. The van der Waals surface area contributed by atoms with Gasteiger partial charge in [-0.05, 0) is 60.9 Å². The van der Waals surface area contributed by atoms with E-state index in [4.69, 9.17) is 19.6 Å². The Bertz CT molecular complexity index is 1720. The number of esters is 1. The van der Waals surface area contributed by atoms with E-state index >= 15 is 0 Å². The lowest BCUT2D eigenvalue weighted by atomic mass is 9.95. The van der Waals surface area contributed by atoms with E-state index in [-0.39, 0.29) is 24.6 Å². The summed E-state index contributed by atoms with van der Waals surface area (Å²) >= 11 is 0. The minimum Gasteiger partial charge on any atom is -0.488 e. The number of furan rings is 1. The van der Waals surface area contributed by atoms with Gasteiger partial charge in [-0.2, -0.15) is 0 Å². The van der Waals surface area contributed by atoms with E-state index in [0.717, 1.165) is 44.3 Å². The summed E-state index contributed by atoms with van der Waals surface area (Å²) in [4.78, 5) is 24.5. The minimum atomic E-state index is -0.297. The molecule has 0 spiro atoms. The van der Waals surface area contributed by atoms with E-state index in [1.165, 1.54) is 0 Å². The molecule has 0 atom stereocenters. The second kappa shape index (κ2) is 11.6. The Morgan fingerprint density at radius 2 is 1.80 bits per heavy atom. The maximum absolute atomic E-state index is 12.4. The third-order valence-corrected chi connectivity index (χ3v) is 6.92. The number of hydrogen-bond donors (Lipinski definition) is 1. The maximum atomic E-state index is 12.4. The van der Waals surface area contributed by atoms with Gasteiger partial charge in [0.25, 0.3) is 5.56 Å². The summed E-state index contributed by atoms with van der Waals surface area (Å²) in [6.45, 7) is 4.61. The van der Waals surface area contributed by atoms with E-state index < -0.39 is 0 Å². The smallest absolute Gasteiger partial charge is 0.310 e. The lowest BCUT2D eigenvalue weighted by Gasteiger charge is -2.12. The summed E-state index contributed by atoms with van der Waals surface area (Å²) in [7, 11) is 1.75. The highest BCUT2D eigenvalue weighted by atomic mass is 16.5. The molecule has 5 rings (SSSR count). The summed E-state index contributed by atoms with van der Waals surface area (Å²) in [6, 6.07) is 21.7. The van der Waals surface area contributed by atoms with E-state index in [1.807, 2.05) is 55.6 Å². The van der Waals surface area contributed by atoms with Crippen molar-refractivity contribution < 1.29 is 18.7 Å². The van der Waals surface area contributed by atoms with Crippen molar-refractivity contribution >= 4 is 16.9 Å². The Kier molecular flexibility index (Phi) is 7.84. The van der Waals surface area contributed by atoms with Crippen LogP contribution in [0.25, 0.3) is 33.2 Å². The fraction of sp³-hybridized carbons (Fsp3) is 0.212. The van der Waals surface area contributed by atoms with Gasteiger partial charge in [0.05, 0.1) is 19.3 Å². The van der Waals surface area contributed by atoms with Crippen LogP contribution < -0.4 is 16.0 Å². The van der Waals surface area contributed by atoms with Crippen LogP contribution >= 0.6 is 0 Å². The van der Waals surface area contributed by atoms with Crippen molar-refractivity contribution in [1.29, 1.82) is 0 Å². The molecule has 7 nitrogen and oxygen atoms in total. The van der Waals surface area contributed by atoms with E-state index in [0.29, 0.717) is 30.0 Å². The van der Waals surface area contributed by atoms with Crippen molar-refractivity contribution in [2.24, 2.45) is 12.8 Å². The third-order valence-electron chi connectivity index (χ3n) is 6.92. The van der Waals surface area contributed by atoms with Crippen LogP contribution in [0.15, 0.2) is 88.4 Å². The lowest BCUT2D eigenvalue weighted by molar-refractivity contribution is -0.142. The van der Waals surface area contributed by atoms with E-state index in [1.54, 1.807) is 24.8 Å². The van der Waals surface area contributed by atoms with Crippen LogP contribution in [-0.2, 0) is 36.2 Å². The molecule has 0 bridgehead atoms. The summed E-state index contributed by atoms with van der Waals surface area (Å²) < 4.78 is 19.1. The van der Waals surface area contributed by atoms with Crippen LogP contribution in [0.5, 0.6) is 5.75 Å². The van der Waals surface area contributed by atoms with Gasteiger partial charge in [-0.1, -0.05) is 36.4 Å². The first-order valence-corrected chi connectivity index (χ1v) is 13.3. The van der Waals surface area contributed by atoms with Crippen molar-refractivity contribution in [3.63, 3.8) is 0 Å². The van der Waals surface area contributed by atoms with Crippen LogP contribution in [-0.4, -0.2) is 17.1 Å². The Labute approximate surface area is 232 Å². The molecule has 0 amide bonds. The summed E-state index contributed by atoms with van der Waals surface area (Å²) in [5.41, 5.74) is 13.7. The largest absolute Gasteiger partial charge is 0.488 e. The van der Waals surface area contributed by atoms with Crippen molar-refractivity contribution in [2.45, 2.75) is 33.4 Å². The number of aromatic nitrogens is 1. The molecule has 0 saturated heterocycles. The number of benzene rings is 3. The van der Waals surface area contributed by atoms with Crippen molar-refractivity contribution in [3.05, 3.63) is 112 Å². The monoisotopic (exact) mass is 536 g/mol. The van der Waals surface area contributed by atoms with Gasteiger partial charge < -0.3 is 24.2 Å². The summed E-state index contributed by atoms with van der Waals surface area (Å²) in [5, 5.41) is 0.903. The van der Waals surface area contributed by atoms with Gasteiger partial charge in [-0.15, -0.1) is 0 Å². The van der Waals surface area contributed by atoms with Gasteiger partial charge >= 0.3 is 5.97 Å². The van der Waals surface area contributed by atoms with E-state index in [2.05, 4.69) is 24.3 Å². The van der Waals surface area contributed by atoms with Gasteiger partial charge in [0.1, 0.15) is 17.9 Å². The quantitative estimate of drug-likeness (QED) is 0.235. The molecule has 2 heterocycles. The molecule has 0 radical (unpaired) electrons. The van der Waals surface area contributed by atoms with Crippen molar-refractivity contribution in [3.8, 4) is 28.0 Å². The normalized spacial score (nSPS) is 11.1. The molecule has 3 aromatic carbocycles. The molecule has 0 aliphatic heterocycles. The molecule has 5 aromatic rings.